The molecular weight excluding hydrogens is 227 g/mol. The molecule has 0 amide bonds. The molecule has 0 N–H and O–H groups in total. The van der Waals surface area contributed by atoms with Crippen LogP contribution in [0.2, 0.25) is 12.6 Å². The largest absolute Gasteiger partial charge is 0.120 e. The van der Waals surface area contributed by atoms with E-state index in [1.54, 1.807) is 25.7 Å². The zero-order valence-electron chi connectivity index (χ0n) is 13.2. The van der Waals surface area contributed by atoms with Gasteiger partial charge in [0.2, 0.25) is 0 Å². The Labute approximate surface area is 121 Å². The van der Waals surface area contributed by atoms with Crippen LogP contribution in [-0.2, 0) is 0 Å². The van der Waals surface area contributed by atoms with Gasteiger partial charge in [-0.05, 0) is 50.4 Å². The van der Waals surface area contributed by atoms with E-state index in [4.69, 9.17) is 0 Å². The van der Waals surface area contributed by atoms with Crippen LogP contribution in [0.1, 0.15) is 71.1 Å². The molecule has 2 aliphatic rings. The van der Waals surface area contributed by atoms with E-state index >= 15 is 0 Å². The molecule has 0 heterocycles. The van der Waals surface area contributed by atoms with Crippen molar-refractivity contribution < 1.29 is 0 Å². The van der Waals surface area contributed by atoms with Crippen LogP contribution in [0.15, 0.2) is 12.2 Å². The predicted molar refractivity (Wildman–Crippen MR) is 88.2 cm³/mol. The van der Waals surface area contributed by atoms with E-state index in [9.17, 15) is 0 Å². The van der Waals surface area contributed by atoms with E-state index in [0.717, 1.165) is 23.6 Å². The summed E-state index contributed by atoms with van der Waals surface area (Å²) in [5.74, 6) is 4.29. The first-order valence-electron chi connectivity index (χ1n) is 8.94. The van der Waals surface area contributed by atoms with Gasteiger partial charge in [0.15, 0.2) is 0 Å². The van der Waals surface area contributed by atoms with Gasteiger partial charge in [0, 0.05) is 0 Å². The van der Waals surface area contributed by atoms with E-state index in [2.05, 4.69) is 25.9 Å². The van der Waals surface area contributed by atoms with E-state index in [1.807, 2.05) is 0 Å². The van der Waals surface area contributed by atoms with Crippen molar-refractivity contribution in [1.82, 2.24) is 0 Å². The van der Waals surface area contributed by atoms with Crippen LogP contribution in [0, 0.1) is 17.8 Å². The van der Waals surface area contributed by atoms with Crippen LogP contribution in [0.25, 0.3) is 0 Å². The molecular formula is C18H33B. The monoisotopic (exact) mass is 260 g/mol. The van der Waals surface area contributed by atoms with Gasteiger partial charge in [-0.2, -0.15) is 0 Å². The fourth-order valence-electron chi connectivity index (χ4n) is 4.51. The summed E-state index contributed by atoms with van der Waals surface area (Å²) in [6.45, 7) is 4.52. The summed E-state index contributed by atoms with van der Waals surface area (Å²) in [5, 5.41) is 0. The lowest BCUT2D eigenvalue weighted by molar-refractivity contribution is 0.164. The van der Waals surface area contributed by atoms with Crippen LogP contribution in [0.3, 0.4) is 0 Å². The predicted octanol–water partition coefficient (Wildman–Crippen LogP) is 5.61. The van der Waals surface area contributed by atoms with Crippen molar-refractivity contribution in [2.45, 2.75) is 83.8 Å². The third-order valence-electron chi connectivity index (χ3n) is 6.00. The molecule has 0 aromatic rings. The van der Waals surface area contributed by atoms with E-state index in [1.165, 1.54) is 45.8 Å². The number of rotatable bonds is 5. The van der Waals surface area contributed by atoms with Gasteiger partial charge >= 0.3 is 0 Å². The molecule has 2 saturated carbocycles. The van der Waals surface area contributed by atoms with E-state index < -0.39 is 0 Å². The minimum absolute atomic E-state index is 1.04. The summed E-state index contributed by atoms with van der Waals surface area (Å²) < 4.78 is 0. The van der Waals surface area contributed by atoms with Crippen LogP contribution < -0.4 is 0 Å². The summed E-state index contributed by atoms with van der Waals surface area (Å²) in [5.41, 5.74) is 0. The summed E-state index contributed by atoms with van der Waals surface area (Å²) in [4.78, 5) is 0. The molecule has 0 nitrogen and oxygen atoms in total. The Bertz CT molecular complexity index is 255. The average molecular weight is 260 g/mol. The zero-order valence-corrected chi connectivity index (χ0v) is 13.2. The van der Waals surface area contributed by atoms with Crippen LogP contribution in [-0.4, -0.2) is 7.28 Å². The van der Waals surface area contributed by atoms with Crippen LogP contribution in [0.5, 0.6) is 0 Å². The maximum atomic E-state index is 2.38. The Morgan fingerprint density at radius 2 is 1.47 bits per heavy atom. The average Bonchev–Trinajstić information content (AvgIpc) is 2.48. The molecule has 0 aromatic heterocycles. The highest BCUT2D eigenvalue weighted by Crippen LogP contribution is 2.43. The maximum absolute atomic E-state index is 2.38. The van der Waals surface area contributed by atoms with Gasteiger partial charge < -0.3 is 0 Å². The summed E-state index contributed by atoms with van der Waals surface area (Å²) in [7, 11) is 1.42. The highest BCUT2D eigenvalue weighted by Gasteiger charge is 2.30. The zero-order chi connectivity index (χ0) is 13.5. The number of hydrogen-bond acceptors (Lipinski definition) is 0. The molecule has 0 unspecified atom stereocenters. The molecule has 0 saturated heterocycles. The third-order valence-corrected chi connectivity index (χ3v) is 6.00. The molecule has 0 radical (unpaired) electrons. The lowest BCUT2D eigenvalue weighted by Gasteiger charge is -2.37. The van der Waals surface area contributed by atoms with Gasteiger partial charge in [0.1, 0.15) is 7.28 Å². The Balaban J connectivity index is 1.66. The van der Waals surface area contributed by atoms with Crippen molar-refractivity contribution in [1.29, 1.82) is 0 Å². The second-order valence-corrected chi connectivity index (χ2v) is 7.12. The molecule has 0 aliphatic heterocycles. The molecule has 0 spiro atoms. The Hall–Kier alpha value is -0.195. The summed E-state index contributed by atoms with van der Waals surface area (Å²) >= 11 is 0. The molecule has 0 atom stereocenters. The van der Waals surface area contributed by atoms with Crippen molar-refractivity contribution in [3.05, 3.63) is 12.2 Å². The van der Waals surface area contributed by atoms with E-state index in [-0.39, 0.29) is 0 Å². The first kappa shape index (κ1) is 15.2. The molecule has 1 heteroatoms. The standard InChI is InChI=1S/C18H33B/c1-3-4-5-6-15-7-9-16(10-8-15)17-11-13-18(19-2)14-12-17/h3-4,15-19H,5-14H2,1-2H3/b4-3+. The van der Waals surface area contributed by atoms with Crippen molar-refractivity contribution in [2.75, 3.05) is 0 Å². The molecule has 2 fully saturated rings. The van der Waals surface area contributed by atoms with Gasteiger partial charge in [-0.3, -0.25) is 0 Å². The van der Waals surface area contributed by atoms with Crippen molar-refractivity contribution in [2.24, 2.45) is 17.8 Å². The van der Waals surface area contributed by atoms with Crippen LogP contribution >= 0.6 is 0 Å². The van der Waals surface area contributed by atoms with E-state index in [0.29, 0.717) is 0 Å². The quantitative estimate of drug-likeness (QED) is 0.445. The van der Waals surface area contributed by atoms with Gasteiger partial charge in [-0.15, -0.1) is 0 Å². The number of allylic oxidation sites excluding steroid dienone is 2. The Morgan fingerprint density at radius 3 is 2.00 bits per heavy atom. The smallest absolute Gasteiger partial charge is 0.0917 e. The summed E-state index contributed by atoms with van der Waals surface area (Å²) in [6.07, 6.45) is 19.6. The van der Waals surface area contributed by atoms with Gasteiger partial charge in [-0.25, -0.2) is 0 Å². The lowest BCUT2D eigenvalue weighted by atomic mass is 9.57. The topological polar surface area (TPSA) is 0 Å². The van der Waals surface area contributed by atoms with Gasteiger partial charge in [0.25, 0.3) is 0 Å². The molecule has 2 aliphatic carbocycles. The van der Waals surface area contributed by atoms with Crippen molar-refractivity contribution >= 4 is 7.28 Å². The minimum Gasteiger partial charge on any atom is -0.0917 e. The third kappa shape index (κ3) is 4.69. The molecule has 2 rings (SSSR count). The number of hydrogen-bond donors (Lipinski definition) is 0. The van der Waals surface area contributed by atoms with Crippen molar-refractivity contribution in [3.8, 4) is 0 Å². The molecule has 108 valence electrons. The van der Waals surface area contributed by atoms with Crippen molar-refractivity contribution in [3.63, 3.8) is 0 Å². The van der Waals surface area contributed by atoms with Gasteiger partial charge in [-0.1, -0.05) is 63.3 Å². The highest BCUT2D eigenvalue weighted by molar-refractivity contribution is 6.35. The first-order chi connectivity index (χ1) is 9.33. The fraction of sp³-hybridized carbons (Fsp3) is 0.889. The second kappa shape index (κ2) is 8.17. The molecule has 19 heavy (non-hydrogen) atoms. The Kier molecular flexibility index (Phi) is 6.54. The van der Waals surface area contributed by atoms with Crippen LogP contribution in [0.4, 0.5) is 0 Å². The van der Waals surface area contributed by atoms with Gasteiger partial charge in [0.05, 0.1) is 0 Å². The second-order valence-electron chi connectivity index (χ2n) is 7.12. The summed E-state index contributed by atoms with van der Waals surface area (Å²) in [6, 6.07) is 0. The normalized spacial score (nSPS) is 36.5. The first-order valence-corrected chi connectivity index (χ1v) is 8.94. The Morgan fingerprint density at radius 1 is 0.895 bits per heavy atom. The molecule has 0 bridgehead atoms. The fourth-order valence-corrected chi connectivity index (χ4v) is 4.51. The molecule has 0 aromatic carbocycles. The maximum Gasteiger partial charge on any atom is 0.120 e. The minimum atomic E-state index is 1.04. The highest BCUT2D eigenvalue weighted by atomic mass is 14.3. The SMILES string of the molecule is CBC1CCC(C2CCC(CC/C=C/C)CC2)CC1. The lowest BCUT2D eigenvalue weighted by Crippen LogP contribution is -2.25.